The van der Waals surface area contributed by atoms with Gasteiger partial charge < -0.3 is 9.47 Å². The van der Waals surface area contributed by atoms with Crippen molar-refractivity contribution in [1.29, 1.82) is 0 Å². The van der Waals surface area contributed by atoms with E-state index in [1.54, 1.807) is 3.11 Å². The smallest absolute Gasteiger partial charge is 0.232 e. The predicted molar refractivity (Wildman–Crippen MR) is 233 cm³/mol. The van der Waals surface area contributed by atoms with Crippen LogP contribution in [0, 0.1) is 0 Å². The normalized spacial score (nSPS) is 11.8. The first-order valence-electron chi connectivity index (χ1n) is 22.6. The van der Waals surface area contributed by atoms with E-state index in [4.69, 9.17) is 9.47 Å². The summed E-state index contributed by atoms with van der Waals surface area (Å²) in [5.41, 5.74) is 0. The molecule has 0 atom stereocenters. The summed E-state index contributed by atoms with van der Waals surface area (Å²) in [5, 5.41) is 0. The van der Waals surface area contributed by atoms with E-state index in [9.17, 15) is 4.79 Å². The summed E-state index contributed by atoms with van der Waals surface area (Å²) in [5.74, 6) is 0.176. The second-order valence-electron chi connectivity index (χ2n) is 15.3. The Morgan fingerprint density at radius 2 is 0.765 bits per heavy atom. The standard InChI is InChI=1S/C45H89IN2O3/c1-4-6-8-10-12-14-16-18-20-22-24-26-28-30-32-34-36-42-51-44-40-48(38-37-45(49)47(3)46)39-43-50-41-35-33-31-29-27-25-23-21-19-17-15-13-11-9-7-5-2/h19,21H,4-18,20,22-44H2,1-3H3/b21-19-. The van der Waals surface area contributed by atoms with Gasteiger partial charge in [-0.15, -0.1) is 0 Å². The molecule has 0 aromatic heterocycles. The lowest BCUT2D eigenvalue weighted by Gasteiger charge is -2.22. The highest BCUT2D eigenvalue weighted by Gasteiger charge is 2.11. The first kappa shape index (κ1) is 50.8. The van der Waals surface area contributed by atoms with Crippen LogP contribution >= 0.6 is 22.9 Å². The van der Waals surface area contributed by atoms with Crippen LogP contribution < -0.4 is 0 Å². The van der Waals surface area contributed by atoms with Crippen LogP contribution in [0.25, 0.3) is 0 Å². The van der Waals surface area contributed by atoms with Crippen molar-refractivity contribution in [2.45, 2.75) is 219 Å². The fourth-order valence-corrected chi connectivity index (χ4v) is 6.96. The summed E-state index contributed by atoms with van der Waals surface area (Å²) < 4.78 is 13.7. The van der Waals surface area contributed by atoms with Gasteiger partial charge in [-0.2, -0.15) is 0 Å². The molecule has 304 valence electrons. The molecule has 0 rings (SSSR count). The van der Waals surface area contributed by atoms with Gasteiger partial charge in [0.15, 0.2) is 0 Å². The van der Waals surface area contributed by atoms with Gasteiger partial charge in [0.2, 0.25) is 5.91 Å². The van der Waals surface area contributed by atoms with Crippen molar-refractivity contribution in [3.63, 3.8) is 0 Å². The van der Waals surface area contributed by atoms with Crippen LogP contribution in [0.1, 0.15) is 219 Å². The summed E-state index contributed by atoms with van der Waals surface area (Å²) in [6.45, 7) is 10.3. The molecule has 6 heteroatoms. The quantitative estimate of drug-likeness (QED) is 0.0266. The van der Waals surface area contributed by atoms with Gasteiger partial charge >= 0.3 is 0 Å². The largest absolute Gasteiger partial charge is 0.380 e. The molecule has 0 unspecified atom stereocenters. The molecule has 0 aliphatic carbocycles. The van der Waals surface area contributed by atoms with E-state index in [1.165, 1.54) is 186 Å². The van der Waals surface area contributed by atoms with Crippen molar-refractivity contribution < 1.29 is 14.3 Å². The van der Waals surface area contributed by atoms with Crippen LogP contribution in [0.2, 0.25) is 0 Å². The molecular formula is C45H89IN2O3. The molecule has 0 aromatic rings. The zero-order valence-electron chi connectivity index (χ0n) is 34.7. The number of nitrogens with zero attached hydrogens (tertiary/aromatic N) is 2. The zero-order chi connectivity index (χ0) is 37.1. The molecule has 0 N–H and O–H groups in total. The Balaban J connectivity index is 3.69. The third-order valence-corrected chi connectivity index (χ3v) is 10.8. The third kappa shape index (κ3) is 42.4. The number of carbonyl (C=O) groups excluding carboxylic acids is 1. The highest BCUT2D eigenvalue weighted by molar-refractivity contribution is 14.1. The molecule has 0 bridgehead atoms. The lowest BCUT2D eigenvalue weighted by atomic mass is 10.0. The van der Waals surface area contributed by atoms with E-state index in [2.05, 4.69) is 53.8 Å². The number of allylic oxidation sites excluding steroid dienone is 2. The van der Waals surface area contributed by atoms with Crippen LogP contribution in [0.3, 0.4) is 0 Å². The highest BCUT2D eigenvalue weighted by atomic mass is 127. The molecular weight excluding hydrogens is 743 g/mol. The van der Waals surface area contributed by atoms with Gasteiger partial charge in [0, 0.05) is 46.3 Å². The van der Waals surface area contributed by atoms with Crippen LogP contribution in [-0.2, 0) is 14.3 Å². The molecule has 0 fully saturated rings. The monoisotopic (exact) mass is 833 g/mol. The summed E-state index contributed by atoms with van der Waals surface area (Å²) in [6, 6.07) is 0. The molecule has 0 saturated carbocycles. The third-order valence-electron chi connectivity index (χ3n) is 10.3. The van der Waals surface area contributed by atoms with E-state index < -0.39 is 0 Å². The molecule has 0 saturated heterocycles. The van der Waals surface area contributed by atoms with Crippen molar-refractivity contribution >= 4 is 28.8 Å². The molecule has 0 aliphatic heterocycles. The number of hydrogen-bond donors (Lipinski definition) is 0. The fourth-order valence-electron chi connectivity index (χ4n) is 6.72. The maximum Gasteiger partial charge on any atom is 0.232 e. The first-order chi connectivity index (χ1) is 25.1. The second kappa shape index (κ2) is 44.2. The fraction of sp³-hybridized carbons (Fsp3) is 0.933. The van der Waals surface area contributed by atoms with Crippen LogP contribution in [0.4, 0.5) is 0 Å². The average molecular weight is 833 g/mol. The van der Waals surface area contributed by atoms with Gasteiger partial charge in [0.25, 0.3) is 0 Å². The number of ether oxygens (including phenoxy) is 2. The molecule has 51 heavy (non-hydrogen) atoms. The van der Waals surface area contributed by atoms with Gasteiger partial charge in [-0.3, -0.25) is 12.8 Å². The maximum absolute atomic E-state index is 12.2. The Morgan fingerprint density at radius 1 is 0.451 bits per heavy atom. The van der Waals surface area contributed by atoms with Gasteiger partial charge in [-0.25, -0.2) is 0 Å². The van der Waals surface area contributed by atoms with E-state index in [-0.39, 0.29) is 5.91 Å². The van der Waals surface area contributed by atoms with Crippen LogP contribution in [0.15, 0.2) is 12.2 Å². The van der Waals surface area contributed by atoms with Crippen molar-refractivity contribution in [2.24, 2.45) is 0 Å². The average Bonchev–Trinajstić information content (AvgIpc) is 3.13. The summed E-state index contributed by atoms with van der Waals surface area (Å²) in [6.07, 6.45) is 47.8. The summed E-state index contributed by atoms with van der Waals surface area (Å²) >= 11 is 2.07. The van der Waals surface area contributed by atoms with E-state index in [0.29, 0.717) is 6.42 Å². The Bertz CT molecular complexity index is 705. The molecule has 5 nitrogen and oxygen atoms in total. The number of halogens is 1. The number of hydrogen-bond acceptors (Lipinski definition) is 4. The van der Waals surface area contributed by atoms with E-state index in [1.807, 2.05) is 7.05 Å². The molecule has 0 aromatic carbocycles. The van der Waals surface area contributed by atoms with E-state index >= 15 is 0 Å². The minimum Gasteiger partial charge on any atom is -0.380 e. The maximum atomic E-state index is 12.2. The van der Waals surface area contributed by atoms with E-state index in [0.717, 1.165) is 58.9 Å². The van der Waals surface area contributed by atoms with Crippen molar-refractivity contribution in [3.05, 3.63) is 12.2 Å². The van der Waals surface area contributed by atoms with Crippen molar-refractivity contribution in [3.8, 4) is 0 Å². The Kier molecular flexibility index (Phi) is 44.1. The molecule has 0 spiro atoms. The Morgan fingerprint density at radius 3 is 1.10 bits per heavy atom. The van der Waals surface area contributed by atoms with Gasteiger partial charge in [-0.1, -0.05) is 187 Å². The summed E-state index contributed by atoms with van der Waals surface area (Å²) in [4.78, 5) is 14.5. The van der Waals surface area contributed by atoms with Gasteiger partial charge in [0.1, 0.15) is 0 Å². The van der Waals surface area contributed by atoms with Gasteiger partial charge in [0.05, 0.1) is 36.1 Å². The Hall–Kier alpha value is -0.180. The SMILES string of the molecule is CCCCCCCC/C=C\CCCCCCCCOCCN(CCOCCCCCCCCCCCCCCCCCCC)CCC(=O)N(C)I. The molecule has 0 aliphatic rings. The minimum atomic E-state index is 0.176. The number of unbranched alkanes of at least 4 members (excludes halogenated alkanes) is 28. The lowest BCUT2D eigenvalue weighted by Crippen LogP contribution is -2.34. The highest BCUT2D eigenvalue weighted by Crippen LogP contribution is 2.14. The first-order valence-corrected chi connectivity index (χ1v) is 23.5. The Labute approximate surface area is 334 Å². The predicted octanol–water partition coefficient (Wildman–Crippen LogP) is 14.2. The molecule has 1 amide bonds. The number of amides is 1. The van der Waals surface area contributed by atoms with Crippen LogP contribution in [0.5, 0.6) is 0 Å². The summed E-state index contributed by atoms with van der Waals surface area (Å²) in [7, 11) is 1.83. The van der Waals surface area contributed by atoms with Crippen LogP contribution in [-0.4, -0.2) is 67.0 Å². The topological polar surface area (TPSA) is 42.0 Å². The minimum absolute atomic E-state index is 0.176. The van der Waals surface area contributed by atoms with Crippen molar-refractivity contribution in [1.82, 2.24) is 8.01 Å². The zero-order valence-corrected chi connectivity index (χ0v) is 36.9. The number of carbonyl (C=O) groups is 1. The van der Waals surface area contributed by atoms with Gasteiger partial charge in [-0.05, 0) is 38.5 Å². The second-order valence-corrected chi connectivity index (χ2v) is 16.7. The lowest BCUT2D eigenvalue weighted by molar-refractivity contribution is -0.124. The van der Waals surface area contributed by atoms with Crippen molar-refractivity contribution in [2.75, 3.05) is 53.1 Å². The molecule has 0 heterocycles. The molecule has 0 radical (unpaired) electrons. The number of rotatable bonds is 43.